The Bertz CT molecular complexity index is 1430. The number of hydrogen-bond donors (Lipinski definition) is 2. The second kappa shape index (κ2) is 8.90. The summed E-state index contributed by atoms with van der Waals surface area (Å²) >= 11 is 0. The van der Waals surface area contributed by atoms with Crippen molar-refractivity contribution in [1.29, 1.82) is 0 Å². The van der Waals surface area contributed by atoms with Crippen molar-refractivity contribution < 1.29 is 14.3 Å². The number of carbonyl (C=O) groups excluding carboxylic acids is 1. The summed E-state index contributed by atoms with van der Waals surface area (Å²) in [5.74, 6) is 0.960. The molecule has 1 atom stereocenters. The summed E-state index contributed by atoms with van der Waals surface area (Å²) in [6.07, 6.45) is 4.98. The van der Waals surface area contributed by atoms with E-state index in [9.17, 15) is 4.79 Å². The van der Waals surface area contributed by atoms with E-state index < -0.39 is 0 Å². The highest BCUT2D eigenvalue weighted by Gasteiger charge is 2.30. The number of aromatic nitrogens is 4. The zero-order valence-electron chi connectivity index (χ0n) is 20.2. The van der Waals surface area contributed by atoms with Crippen LogP contribution >= 0.6 is 0 Å². The number of benzene rings is 2. The van der Waals surface area contributed by atoms with E-state index in [0.717, 1.165) is 104 Å². The number of morpholine rings is 1. The van der Waals surface area contributed by atoms with Crippen LogP contribution in [0, 0.1) is 5.92 Å². The van der Waals surface area contributed by atoms with Crippen molar-refractivity contribution in [2.24, 2.45) is 5.92 Å². The molecule has 2 aromatic carbocycles. The monoisotopic (exact) mass is 486 g/mol. The van der Waals surface area contributed by atoms with Gasteiger partial charge in [-0.1, -0.05) is 0 Å². The van der Waals surface area contributed by atoms with E-state index in [1.807, 2.05) is 22.9 Å². The summed E-state index contributed by atoms with van der Waals surface area (Å²) in [4.78, 5) is 23.2. The number of imidazole rings is 1. The predicted octanol–water partition coefficient (Wildman–Crippen LogP) is 4.46. The number of hydrogen-bond acceptors (Lipinski definition) is 6. The highest BCUT2D eigenvalue weighted by Crippen LogP contribution is 2.35. The van der Waals surface area contributed by atoms with Crippen LogP contribution in [0.4, 0.5) is 11.4 Å². The van der Waals surface area contributed by atoms with Gasteiger partial charge in [0.1, 0.15) is 5.69 Å². The predicted molar refractivity (Wildman–Crippen MR) is 138 cm³/mol. The molecule has 1 amide bonds. The van der Waals surface area contributed by atoms with Gasteiger partial charge in [-0.05, 0) is 68.5 Å². The molecule has 7 rings (SSSR count). The Morgan fingerprint density at radius 1 is 1.03 bits per heavy atom. The Hall–Kier alpha value is -3.43. The second-order valence-corrected chi connectivity index (χ2v) is 10.00. The van der Waals surface area contributed by atoms with Gasteiger partial charge in [-0.25, -0.2) is 9.67 Å². The molecular formula is C27H30N6O3. The summed E-state index contributed by atoms with van der Waals surface area (Å²) in [5.41, 5.74) is 5.58. The maximum absolute atomic E-state index is 12.4. The molecule has 4 heterocycles. The first-order chi connectivity index (χ1) is 17.7. The van der Waals surface area contributed by atoms with Crippen molar-refractivity contribution in [3.63, 3.8) is 0 Å². The van der Waals surface area contributed by atoms with Gasteiger partial charge in [0.2, 0.25) is 5.91 Å². The van der Waals surface area contributed by atoms with Gasteiger partial charge in [-0.15, -0.1) is 0 Å². The quantitative estimate of drug-likeness (QED) is 0.432. The van der Waals surface area contributed by atoms with Gasteiger partial charge in [0.15, 0.2) is 12.1 Å². The number of carbonyl (C=O) groups is 1. The van der Waals surface area contributed by atoms with Crippen LogP contribution in [-0.2, 0) is 14.3 Å². The fourth-order valence-electron chi connectivity index (χ4n) is 5.25. The first-order valence-corrected chi connectivity index (χ1v) is 13.0. The van der Waals surface area contributed by atoms with Gasteiger partial charge >= 0.3 is 0 Å². The minimum absolute atomic E-state index is 0.0956. The number of rotatable bonds is 5. The molecule has 1 unspecified atom stereocenters. The summed E-state index contributed by atoms with van der Waals surface area (Å²) in [6.45, 7) is 4.01. The van der Waals surface area contributed by atoms with Gasteiger partial charge in [0.05, 0.1) is 29.8 Å². The lowest BCUT2D eigenvalue weighted by Gasteiger charge is -2.28. The maximum Gasteiger partial charge on any atom is 0.227 e. The molecule has 2 N–H and O–H groups in total. The molecule has 2 aliphatic heterocycles. The molecular weight excluding hydrogens is 456 g/mol. The van der Waals surface area contributed by atoms with Gasteiger partial charge in [-0.3, -0.25) is 4.79 Å². The van der Waals surface area contributed by atoms with E-state index in [4.69, 9.17) is 19.6 Å². The molecule has 4 aromatic rings. The van der Waals surface area contributed by atoms with Gasteiger partial charge in [0.25, 0.3) is 0 Å². The lowest BCUT2D eigenvalue weighted by atomic mass is 10.1. The lowest BCUT2D eigenvalue weighted by Crippen LogP contribution is -2.36. The Morgan fingerprint density at radius 2 is 1.92 bits per heavy atom. The highest BCUT2D eigenvalue weighted by molar-refractivity contribution is 5.99. The molecule has 0 radical (unpaired) electrons. The molecule has 2 aromatic heterocycles. The molecule has 1 aliphatic carbocycles. The topological polar surface area (TPSA) is 97.3 Å². The van der Waals surface area contributed by atoms with E-state index in [1.165, 1.54) is 0 Å². The third-order valence-corrected chi connectivity index (χ3v) is 7.42. The summed E-state index contributed by atoms with van der Waals surface area (Å²) in [5, 5.41) is 9.05. The fourth-order valence-corrected chi connectivity index (χ4v) is 5.25. The van der Waals surface area contributed by atoms with Crippen LogP contribution in [-0.4, -0.2) is 58.6 Å². The summed E-state index contributed by atoms with van der Waals surface area (Å²) in [6, 6.07) is 12.3. The first-order valence-electron chi connectivity index (χ1n) is 13.0. The molecule has 1 saturated carbocycles. The van der Waals surface area contributed by atoms with E-state index in [1.54, 1.807) is 0 Å². The Morgan fingerprint density at radius 3 is 2.72 bits per heavy atom. The average Bonchev–Trinajstić information content (AvgIpc) is 3.59. The standard InChI is InChI=1S/C27H30N6O3/c34-27(17-4-5-17)28-18-6-9-23-20(15-18)25(31-33(23)24-3-1-2-12-36-24)26-29-21-8-7-19(16-22(21)30-26)32-10-13-35-14-11-32/h6-9,15-17,24H,1-5,10-14H2,(H,28,34)(H,29,30). The van der Waals surface area contributed by atoms with Crippen molar-refractivity contribution in [1.82, 2.24) is 19.7 Å². The SMILES string of the molecule is O=C(Nc1ccc2c(c1)c(-c1nc3ccc(N4CCOCC4)cc3[nH]1)nn2C1CCCCO1)C1CC1. The zero-order chi connectivity index (χ0) is 24.1. The van der Waals surface area contributed by atoms with Crippen molar-refractivity contribution in [2.45, 2.75) is 38.3 Å². The Labute approximate surface area is 208 Å². The first kappa shape index (κ1) is 21.8. The zero-order valence-corrected chi connectivity index (χ0v) is 20.2. The smallest absolute Gasteiger partial charge is 0.227 e. The van der Waals surface area contributed by atoms with Gasteiger partial charge in [0, 0.05) is 42.4 Å². The number of aromatic amines is 1. The molecule has 186 valence electrons. The van der Waals surface area contributed by atoms with Crippen LogP contribution in [0.15, 0.2) is 36.4 Å². The van der Waals surface area contributed by atoms with Crippen molar-refractivity contribution in [2.75, 3.05) is 43.1 Å². The van der Waals surface area contributed by atoms with Crippen LogP contribution in [0.2, 0.25) is 0 Å². The minimum atomic E-state index is -0.0980. The molecule has 0 bridgehead atoms. The number of anilines is 2. The fraction of sp³-hybridized carbons (Fsp3) is 0.444. The van der Waals surface area contributed by atoms with Crippen LogP contribution in [0.1, 0.15) is 38.3 Å². The van der Waals surface area contributed by atoms with Crippen LogP contribution in [0.25, 0.3) is 33.5 Å². The van der Waals surface area contributed by atoms with Crippen LogP contribution < -0.4 is 10.2 Å². The number of fused-ring (bicyclic) bond motifs is 2. The highest BCUT2D eigenvalue weighted by atomic mass is 16.5. The molecule has 2 saturated heterocycles. The number of ether oxygens (including phenoxy) is 2. The maximum atomic E-state index is 12.4. The van der Waals surface area contributed by atoms with Crippen molar-refractivity contribution >= 4 is 39.2 Å². The number of amides is 1. The number of nitrogens with zero attached hydrogens (tertiary/aromatic N) is 4. The van der Waals surface area contributed by atoms with Crippen LogP contribution in [0.3, 0.4) is 0 Å². The van der Waals surface area contributed by atoms with E-state index in [-0.39, 0.29) is 18.1 Å². The van der Waals surface area contributed by atoms with Crippen LogP contribution in [0.5, 0.6) is 0 Å². The number of H-pyrrole nitrogens is 1. The summed E-state index contributed by atoms with van der Waals surface area (Å²) in [7, 11) is 0. The molecule has 36 heavy (non-hydrogen) atoms. The minimum Gasteiger partial charge on any atom is -0.378 e. The van der Waals surface area contributed by atoms with Gasteiger partial charge < -0.3 is 24.7 Å². The Kier molecular flexibility index (Phi) is 5.40. The summed E-state index contributed by atoms with van der Waals surface area (Å²) < 4.78 is 13.6. The van der Waals surface area contributed by atoms with Crippen molar-refractivity contribution in [3.05, 3.63) is 36.4 Å². The Balaban J connectivity index is 1.30. The van der Waals surface area contributed by atoms with E-state index >= 15 is 0 Å². The molecule has 0 spiro atoms. The van der Waals surface area contributed by atoms with E-state index in [0.29, 0.717) is 5.82 Å². The van der Waals surface area contributed by atoms with Crippen molar-refractivity contribution in [3.8, 4) is 11.5 Å². The normalized spacial score (nSPS) is 20.8. The third kappa shape index (κ3) is 4.02. The molecule has 3 aliphatic rings. The lowest BCUT2D eigenvalue weighted by molar-refractivity contribution is -0.117. The van der Waals surface area contributed by atoms with Gasteiger partial charge in [-0.2, -0.15) is 5.10 Å². The second-order valence-electron chi connectivity index (χ2n) is 10.00. The van der Waals surface area contributed by atoms with E-state index in [2.05, 4.69) is 33.4 Å². The number of nitrogens with one attached hydrogen (secondary N) is 2. The third-order valence-electron chi connectivity index (χ3n) is 7.42. The average molecular weight is 487 g/mol. The molecule has 9 nitrogen and oxygen atoms in total. The molecule has 3 fully saturated rings. The molecule has 9 heteroatoms. The largest absolute Gasteiger partial charge is 0.378 e.